The van der Waals surface area contributed by atoms with Gasteiger partial charge in [-0.25, -0.2) is 4.79 Å². The third-order valence-electron chi connectivity index (χ3n) is 0.887. The normalized spacial score (nSPS) is 17.2. The molecule has 1 aliphatic rings. The van der Waals surface area contributed by atoms with E-state index in [4.69, 9.17) is 5.11 Å². The fourth-order valence-electron chi connectivity index (χ4n) is 0.491. The van der Waals surface area contributed by atoms with Crippen LogP contribution in [-0.2, 0) is 4.79 Å². The molecule has 4 nitrogen and oxygen atoms in total. The first-order valence-corrected chi connectivity index (χ1v) is 2.27. The highest BCUT2D eigenvalue weighted by Gasteiger charge is 2.13. The maximum atomic E-state index is 10.0. The molecule has 1 aliphatic heterocycles. The van der Waals surface area contributed by atoms with Crippen molar-refractivity contribution in [2.45, 2.75) is 6.42 Å². The molecular weight excluding hydrogens is 108 g/mol. The average molecular weight is 113 g/mol. The molecule has 1 rings (SSSR count). The van der Waals surface area contributed by atoms with Gasteiger partial charge in [-0.2, -0.15) is 10.5 Å². The summed E-state index contributed by atoms with van der Waals surface area (Å²) < 4.78 is 0. The number of nitrogens with zero attached hydrogens (tertiary/aromatic N) is 2. The lowest BCUT2D eigenvalue weighted by Crippen LogP contribution is -2.09. The first kappa shape index (κ1) is 5.08. The number of aliphatic carboxylic acids is 1. The molecule has 0 unspecified atom stereocenters. The van der Waals surface area contributed by atoms with Gasteiger partial charge in [-0.1, -0.05) is 0 Å². The van der Waals surface area contributed by atoms with E-state index in [0.717, 1.165) is 0 Å². The van der Waals surface area contributed by atoms with Crippen LogP contribution in [0.15, 0.2) is 5.10 Å². The summed E-state index contributed by atoms with van der Waals surface area (Å²) in [7, 11) is 0. The Balaban J connectivity index is 2.57. The van der Waals surface area contributed by atoms with E-state index in [9.17, 15) is 4.79 Å². The molecule has 1 N–H and O–H groups in total. The van der Waals surface area contributed by atoms with Gasteiger partial charge in [0, 0.05) is 6.42 Å². The highest BCUT2D eigenvalue weighted by molar-refractivity contribution is 6.35. The van der Waals surface area contributed by atoms with Gasteiger partial charge in [-0.3, -0.25) is 0 Å². The van der Waals surface area contributed by atoms with E-state index in [0.29, 0.717) is 13.0 Å². The Morgan fingerprint density at radius 2 is 2.50 bits per heavy atom. The van der Waals surface area contributed by atoms with Gasteiger partial charge in [-0.05, 0) is 0 Å². The molecule has 8 heavy (non-hydrogen) atoms. The van der Waals surface area contributed by atoms with E-state index in [1.165, 1.54) is 0 Å². The van der Waals surface area contributed by atoms with E-state index >= 15 is 0 Å². The zero-order valence-electron chi connectivity index (χ0n) is 4.16. The summed E-state index contributed by atoms with van der Waals surface area (Å²) in [5.74, 6) is -0.953. The fraction of sp³-hybridized carbons (Fsp3) is 0.500. The van der Waals surface area contributed by atoms with E-state index in [-0.39, 0.29) is 5.71 Å². The third kappa shape index (κ3) is 0.776. The van der Waals surface area contributed by atoms with E-state index in [1.807, 2.05) is 0 Å². The molecule has 0 spiro atoms. The van der Waals surface area contributed by atoms with E-state index in [2.05, 4.69) is 10.5 Å². The van der Waals surface area contributed by atoms with Gasteiger partial charge in [0.1, 0.15) is 5.71 Å². The SMILES string of the molecule is O=C(O)C1=N[N]CC1. The number of carboxylic acid groups (broad SMARTS) is 1. The zero-order valence-corrected chi connectivity index (χ0v) is 4.16. The number of hydrogen-bond donors (Lipinski definition) is 1. The van der Waals surface area contributed by atoms with Crippen molar-refractivity contribution in [2.75, 3.05) is 6.54 Å². The van der Waals surface area contributed by atoms with Crippen molar-refractivity contribution in [1.29, 1.82) is 0 Å². The highest BCUT2D eigenvalue weighted by Crippen LogP contribution is 1.93. The Bertz CT molecular complexity index is 141. The average Bonchev–Trinajstić information content (AvgIpc) is 2.12. The smallest absolute Gasteiger partial charge is 0.352 e. The Labute approximate surface area is 46.2 Å². The lowest BCUT2D eigenvalue weighted by atomic mass is 10.3. The lowest BCUT2D eigenvalue weighted by molar-refractivity contribution is -0.129. The number of carbonyl (C=O) groups is 1. The molecular formula is C4H5N2O2. The van der Waals surface area contributed by atoms with Gasteiger partial charge in [-0.15, -0.1) is 0 Å². The highest BCUT2D eigenvalue weighted by atomic mass is 16.4. The molecule has 0 aliphatic carbocycles. The van der Waals surface area contributed by atoms with Gasteiger partial charge in [0.2, 0.25) is 0 Å². The molecule has 0 amide bonds. The first-order valence-electron chi connectivity index (χ1n) is 2.27. The Hall–Kier alpha value is -1.06. The molecule has 0 saturated carbocycles. The van der Waals surface area contributed by atoms with Crippen molar-refractivity contribution in [2.24, 2.45) is 5.10 Å². The summed E-state index contributed by atoms with van der Waals surface area (Å²) in [5.41, 5.74) is 3.66. The summed E-state index contributed by atoms with van der Waals surface area (Å²) >= 11 is 0. The minimum Gasteiger partial charge on any atom is -0.477 e. The van der Waals surface area contributed by atoms with Crippen molar-refractivity contribution in [1.82, 2.24) is 5.43 Å². The molecule has 0 atom stereocenters. The quantitative estimate of drug-likeness (QED) is 0.495. The van der Waals surface area contributed by atoms with Crippen LogP contribution in [0, 0.1) is 0 Å². The van der Waals surface area contributed by atoms with Crippen molar-refractivity contribution in [3.63, 3.8) is 0 Å². The predicted molar refractivity (Wildman–Crippen MR) is 26.7 cm³/mol. The molecule has 0 aromatic rings. The first-order chi connectivity index (χ1) is 3.80. The van der Waals surface area contributed by atoms with Crippen LogP contribution < -0.4 is 5.43 Å². The van der Waals surface area contributed by atoms with Gasteiger partial charge in [0.05, 0.1) is 6.54 Å². The molecule has 4 heteroatoms. The monoisotopic (exact) mass is 113 g/mol. The van der Waals surface area contributed by atoms with Crippen LogP contribution in [0.3, 0.4) is 0 Å². The zero-order chi connectivity index (χ0) is 5.98. The third-order valence-corrected chi connectivity index (χ3v) is 0.887. The Kier molecular flexibility index (Phi) is 1.15. The second kappa shape index (κ2) is 1.81. The van der Waals surface area contributed by atoms with Crippen LogP contribution in [-0.4, -0.2) is 23.3 Å². The standard InChI is InChI=1S/C4H5N2O2/c7-4(8)3-1-2-5-6-3/h1-2H2,(H,7,8). The van der Waals surface area contributed by atoms with E-state index in [1.54, 1.807) is 0 Å². The second-order valence-corrected chi connectivity index (χ2v) is 1.47. The van der Waals surface area contributed by atoms with Crippen molar-refractivity contribution in [3.8, 4) is 0 Å². The van der Waals surface area contributed by atoms with Crippen molar-refractivity contribution >= 4 is 11.7 Å². The molecule has 43 valence electrons. The minimum absolute atomic E-state index is 0.171. The van der Waals surface area contributed by atoms with Crippen LogP contribution in [0.25, 0.3) is 0 Å². The summed E-state index contributed by atoms with van der Waals surface area (Å²) in [5, 5.41) is 11.6. The minimum atomic E-state index is -0.953. The van der Waals surface area contributed by atoms with Crippen LogP contribution in [0.5, 0.6) is 0 Å². The number of rotatable bonds is 1. The van der Waals surface area contributed by atoms with Crippen LogP contribution >= 0.6 is 0 Å². The summed E-state index contributed by atoms with van der Waals surface area (Å²) in [6, 6.07) is 0. The second-order valence-electron chi connectivity index (χ2n) is 1.47. The molecule has 0 bridgehead atoms. The van der Waals surface area contributed by atoms with E-state index < -0.39 is 5.97 Å². The number of hydrogen-bond acceptors (Lipinski definition) is 2. The molecule has 0 aromatic heterocycles. The predicted octanol–water partition coefficient (Wildman–Crippen LogP) is -0.565. The summed E-state index contributed by atoms with van der Waals surface area (Å²) in [6.07, 6.45) is 0.481. The van der Waals surface area contributed by atoms with Crippen molar-refractivity contribution < 1.29 is 9.90 Å². The Morgan fingerprint density at radius 3 is 2.75 bits per heavy atom. The maximum Gasteiger partial charge on any atom is 0.352 e. The summed E-state index contributed by atoms with van der Waals surface area (Å²) in [4.78, 5) is 10.0. The molecule has 0 fully saturated rings. The van der Waals surface area contributed by atoms with Gasteiger partial charge < -0.3 is 5.11 Å². The van der Waals surface area contributed by atoms with Crippen LogP contribution in [0.1, 0.15) is 6.42 Å². The molecule has 0 saturated heterocycles. The topological polar surface area (TPSA) is 63.8 Å². The van der Waals surface area contributed by atoms with Gasteiger partial charge >= 0.3 is 5.97 Å². The maximum absolute atomic E-state index is 10.0. The van der Waals surface area contributed by atoms with Crippen molar-refractivity contribution in [3.05, 3.63) is 0 Å². The fourth-order valence-corrected chi connectivity index (χ4v) is 0.491. The lowest BCUT2D eigenvalue weighted by Gasteiger charge is -1.82. The van der Waals surface area contributed by atoms with Crippen LogP contribution in [0.2, 0.25) is 0 Å². The Morgan fingerprint density at radius 1 is 1.75 bits per heavy atom. The molecule has 1 radical (unpaired) electrons. The largest absolute Gasteiger partial charge is 0.477 e. The molecule has 1 heterocycles. The van der Waals surface area contributed by atoms with Gasteiger partial charge in [0.15, 0.2) is 0 Å². The number of carboxylic acids is 1. The van der Waals surface area contributed by atoms with Gasteiger partial charge in [0.25, 0.3) is 0 Å². The summed E-state index contributed by atoms with van der Waals surface area (Å²) in [6.45, 7) is 0.529. The molecule has 0 aromatic carbocycles. The van der Waals surface area contributed by atoms with Crippen LogP contribution in [0.4, 0.5) is 0 Å².